The summed E-state index contributed by atoms with van der Waals surface area (Å²) in [5.41, 5.74) is -0.950. The molecule has 74 valence electrons. The molecule has 1 aromatic rings. The van der Waals surface area contributed by atoms with Gasteiger partial charge in [0.05, 0.1) is 0 Å². The van der Waals surface area contributed by atoms with E-state index in [0.29, 0.717) is 5.69 Å². The Balaban J connectivity index is 3.01. The molecule has 0 amide bonds. The van der Waals surface area contributed by atoms with Gasteiger partial charge in [-0.15, -0.1) is 5.69 Å². The molecule has 2 nitrogen and oxygen atoms in total. The van der Waals surface area contributed by atoms with Gasteiger partial charge in [-0.25, -0.2) is 0 Å². The first-order valence-corrected chi connectivity index (χ1v) is 3.79. The number of hydrogen-bond acceptors (Lipinski definition) is 1. The zero-order valence-corrected chi connectivity index (χ0v) is 7.61. The molecule has 0 aliphatic heterocycles. The maximum atomic E-state index is 12.1. The van der Waals surface area contributed by atoms with Crippen molar-refractivity contribution >= 4 is 0 Å². The SMILES string of the molecule is CC(C)(C)c1cc(C(F)(F)F)n[n-]1. The zero-order valence-electron chi connectivity index (χ0n) is 7.61. The predicted octanol–water partition coefficient (Wildman–Crippen LogP) is 2.36. The third-order valence-corrected chi connectivity index (χ3v) is 1.60. The van der Waals surface area contributed by atoms with Crippen LogP contribution in [0.5, 0.6) is 0 Å². The molecule has 0 saturated carbocycles. The Hall–Kier alpha value is -1.00. The monoisotopic (exact) mass is 191 g/mol. The number of nitrogens with zero attached hydrogens (tertiary/aromatic N) is 2. The first-order chi connectivity index (χ1) is 5.71. The van der Waals surface area contributed by atoms with Crippen molar-refractivity contribution < 1.29 is 13.2 Å². The number of hydrogen-bond donors (Lipinski definition) is 0. The molecule has 5 heteroatoms. The Kier molecular flexibility index (Phi) is 2.13. The van der Waals surface area contributed by atoms with Crippen LogP contribution in [-0.2, 0) is 11.6 Å². The minimum Gasteiger partial charge on any atom is -0.578 e. The number of alkyl halides is 3. The molecule has 0 aromatic carbocycles. The van der Waals surface area contributed by atoms with E-state index in [-0.39, 0.29) is 0 Å². The van der Waals surface area contributed by atoms with Gasteiger partial charge in [0.25, 0.3) is 0 Å². The summed E-state index contributed by atoms with van der Waals surface area (Å²) in [5, 5.41) is 6.56. The van der Waals surface area contributed by atoms with Crippen molar-refractivity contribution in [2.45, 2.75) is 32.4 Å². The van der Waals surface area contributed by atoms with Crippen LogP contribution in [0.3, 0.4) is 0 Å². The lowest BCUT2D eigenvalue weighted by atomic mass is 9.92. The van der Waals surface area contributed by atoms with Crippen LogP contribution in [0.15, 0.2) is 6.07 Å². The molecule has 1 heterocycles. The molecule has 0 atom stereocenters. The highest BCUT2D eigenvalue weighted by atomic mass is 19.4. The topological polar surface area (TPSA) is 27.0 Å². The molecule has 0 unspecified atom stereocenters. The molecule has 0 saturated heterocycles. The maximum Gasteiger partial charge on any atom is 0.431 e. The van der Waals surface area contributed by atoms with Gasteiger partial charge in [0, 0.05) is 0 Å². The Bertz CT molecular complexity index is 265. The van der Waals surface area contributed by atoms with Crippen LogP contribution in [0.4, 0.5) is 13.2 Å². The highest BCUT2D eigenvalue weighted by Crippen LogP contribution is 2.30. The lowest BCUT2D eigenvalue weighted by Crippen LogP contribution is -2.12. The molecule has 1 rings (SSSR count). The van der Waals surface area contributed by atoms with E-state index in [4.69, 9.17) is 0 Å². The lowest BCUT2D eigenvalue weighted by molar-refractivity contribution is -0.141. The normalized spacial score (nSPS) is 13.4. The molecule has 0 radical (unpaired) electrons. The van der Waals surface area contributed by atoms with Crippen molar-refractivity contribution in [3.05, 3.63) is 17.5 Å². The predicted molar refractivity (Wildman–Crippen MR) is 41.3 cm³/mol. The van der Waals surface area contributed by atoms with E-state index in [9.17, 15) is 13.2 Å². The number of rotatable bonds is 0. The van der Waals surface area contributed by atoms with Crippen LogP contribution >= 0.6 is 0 Å². The summed E-state index contributed by atoms with van der Waals surface area (Å²) < 4.78 is 36.3. The van der Waals surface area contributed by atoms with Gasteiger partial charge >= 0.3 is 6.18 Å². The summed E-state index contributed by atoms with van der Waals surface area (Å²) in [7, 11) is 0. The molecule has 0 aliphatic carbocycles. The van der Waals surface area contributed by atoms with Crippen molar-refractivity contribution in [3.63, 3.8) is 0 Å². The van der Waals surface area contributed by atoms with Gasteiger partial charge in [0.1, 0.15) is 5.69 Å². The molecule has 13 heavy (non-hydrogen) atoms. The standard InChI is InChI=1S/C8H10F3N2/c1-7(2,3)5-4-6(13-12-5)8(9,10)11/h4H,1-3H3/q-1. The third kappa shape index (κ3) is 2.23. The van der Waals surface area contributed by atoms with Crippen LogP contribution < -0.4 is 5.10 Å². The molecular formula is C8H10F3N2-. The highest BCUT2D eigenvalue weighted by Gasteiger charge is 2.31. The van der Waals surface area contributed by atoms with Crippen LogP contribution in [0.1, 0.15) is 32.2 Å². The van der Waals surface area contributed by atoms with Gasteiger partial charge in [-0.05, 0) is 5.41 Å². The van der Waals surface area contributed by atoms with Crippen molar-refractivity contribution in [2.24, 2.45) is 0 Å². The fourth-order valence-electron chi connectivity index (χ4n) is 0.800. The molecule has 0 N–H and O–H groups in total. The van der Waals surface area contributed by atoms with Crippen LogP contribution in [0.2, 0.25) is 0 Å². The minimum atomic E-state index is -4.39. The molecule has 0 fully saturated rings. The average molecular weight is 191 g/mol. The summed E-state index contributed by atoms with van der Waals surface area (Å²) in [6, 6.07) is 0.986. The highest BCUT2D eigenvalue weighted by molar-refractivity contribution is 5.17. The summed E-state index contributed by atoms with van der Waals surface area (Å²) in [4.78, 5) is 0. The molecule has 0 aliphatic rings. The Morgan fingerprint density at radius 3 is 2.00 bits per heavy atom. The van der Waals surface area contributed by atoms with Crippen molar-refractivity contribution in [1.29, 1.82) is 0 Å². The molecular weight excluding hydrogens is 181 g/mol. The van der Waals surface area contributed by atoms with Gasteiger partial charge in [-0.3, -0.25) is 0 Å². The first kappa shape index (κ1) is 10.1. The second-order valence-electron chi connectivity index (χ2n) is 3.86. The van der Waals surface area contributed by atoms with E-state index in [1.165, 1.54) is 0 Å². The molecule has 1 aromatic heterocycles. The summed E-state index contributed by atoms with van der Waals surface area (Å²) in [5.74, 6) is 0. The number of aromatic nitrogens is 2. The fraction of sp³-hybridized carbons (Fsp3) is 0.625. The van der Waals surface area contributed by atoms with Gasteiger partial charge < -0.3 is 10.2 Å². The lowest BCUT2D eigenvalue weighted by Gasteiger charge is -2.22. The number of halogens is 3. The van der Waals surface area contributed by atoms with Gasteiger partial charge in [0.15, 0.2) is 0 Å². The second-order valence-corrected chi connectivity index (χ2v) is 3.86. The molecule has 0 bridgehead atoms. The van der Waals surface area contributed by atoms with Crippen LogP contribution in [0.25, 0.3) is 0 Å². The van der Waals surface area contributed by atoms with Gasteiger partial charge in [0.2, 0.25) is 0 Å². The van der Waals surface area contributed by atoms with Crippen molar-refractivity contribution in [1.82, 2.24) is 10.2 Å². The van der Waals surface area contributed by atoms with E-state index >= 15 is 0 Å². The Labute approximate surface area is 74.1 Å². The van der Waals surface area contributed by atoms with Crippen molar-refractivity contribution in [3.8, 4) is 0 Å². The quantitative estimate of drug-likeness (QED) is 0.629. The molecule has 0 spiro atoms. The average Bonchev–Trinajstić information content (AvgIpc) is 2.28. The fourth-order valence-corrected chi connectivity index (χ4v) is 0.800. The second kappa shape index (κ2) is 2.75. The summed E-state index contributed by atoms with van der Waals surface area (Å²) in [6.07, 6.45) is -4.39. The van der Waals surface area contributed by atoms with Crippen molar-refractivity contribution in [2.75, 3.05) is 0 Å². The Morgan fingerprint density at radius 2 is 1.77 bits per heavy atom. The maximum absolute atomic E-state index is 12.1. The van der Waals surface area contributed by atoms with E-state index in [0.717, 1.165) is 6.07 Å². The largest absolute Gasteiger partial charge is 0.578 e. The Morgan fingerprint density at radius 1 is 1.23 bits per heavy atom. The van der Waals surface area contributed by atoms with E-state index < -0.39 is 17.3 Å². The zero-order chi connectivity index (χ0) is 10.3. The van der Waals surface area contributed by atoms with Crippen LogP contribution in [-0.4, -0.2) is 5.10 Å². The van der Waals surface area contributed by atoms with E-state index in [1.54, 1.807) is 20.8 Å². The minimum absolute atomic E-state index is 0.361. The third-order valence-electron chi connectivity index (χ3n) is 1.60. The van der Waals surface area contributed by atoms with E-state index in [2.05, 4.69) is 10.2 Å². The van der Waals surface area contributed by atoms with Crippen LogP contribution in [0, 0.1) is 0 Å². The summed E-state index contributed by atoms with van der Waals surface area (Å²) in [6.45, 7) is 5.37. The smallest absolute Gasteiger partial charge is 0.431 e. The first-order valence-electron chi connectivity index (χ1n) is 3.79. The van der Waals surface area contributed by atoms with Gasteiger partial charge in [-0.2, -0.15) is 13.2 Å². The van der Waals surface area contributed by atoms with Gasteiger partial charge in [-0.1, -0.05) is 26.8 Å². The summed E-state index contributed by atoms with van der Waals surface area (Å²) >= 11 is 0. The van der Waals surface area contributed by atoms with E-state index in [1.807, 2.05) is 0 Å².